The van der Waals surface area contributed by atoms with Crippen LogP contribution in [0.25, 0.3) is 0 Å². The molecule has 0 saturated carbocycles. The number of nitro groups is 1. The van der Waals surface area contributed by atoms with Gasteiger partial charge >= 0.3 is 0 Å². The van der Waals surface area contributed by atoms with Crippen molar-refractivity contribution in [3.8, 4) is 0 Å². The molecule has 6 heteroatoms. The lowest BCUT2D eigenvalue weighted by Gasteiger charge is -2.32. The molecule has 2 aliphatic heterocycles. The van der Waals surface area contributed by atoms with Crippen LogP contribution in [0.15, 0.2) is 18.2 Å². The highest BCUT2D eigenvalue weighted by atomic mass is 16.6. The predicted octanol–water partition coefficient (Wildman–Crippen LogP) is 2.33. The van der Waals surface area contributed by atoms with Gasteiger partial charge in [0.15, 0.2) is 0 Å². The van der Waals surface area contributed by atoms with Gasteiger partial charge in [0.2, 0.25) is 0 Å². The molecule has 0 amide bonds. The molecule has 1 N–H and O–H groups in total. The van der Waals surface area contributed by atoms with Crippen molar-refractivity contribution >= 4 is 11.4 Å². The summed E-state index contributed by atoms with van der Waals surface area (Å²) in [7, 11) is 0. The van der Waals surface area contributed by atoms with E-state index in [1.807, 2.05) is 19.1 Å². The predicted molar refractivity (Wildman–Crippen MR) is 89.9 cm³/mol. The molecule has 2 atom stereocenters. The molecular weight excluding hydrogens is 294 g/mol. The van der Waals surface area contributed by atoms with Crippen LogP contribution in [0, 0.1) is 17.0 Å². The average molecular weight is 319 g/mol. The van der Waals surface area contributed by atoms with Crippen LogP contribution in [-0.2, 0) is 0 Å². The smallest absolute Gasteiger partial charge is 0.292 e. The second kappa shape index (κ2) is 6.84. The van der Waals surface area contributed by atoms with Crippen LogP contribution >= 0.6 is 0 Å². The van der Waals surface area contributed by atoms with Crippen molar-refractivity contribution in [2.75, 3.05) is 31.1 Å². The molecule has 2 saturated heterocycles. The number of aliphatic hydroxyl groups excluding tert-OH is 1. The molecule has 23 heavy (non-hydrogen) atoms. The third-order valence-corrected chi connectivity index (χ3v) is 5.17. The Labute approximate surface area is 136 Å². The van der Waals surface area contributed by atoms with Crippen molar-refractivity contribution < 1.29 is 10.0 Å². The molecule has 0 spiro atoms. The van der Waals surface area contributed by atoms with Crippen LogP contribution in [-0.4, -0.2) is 53.3 Å². The minimum atomic E-state index is -0.274. The van der Waals surface area contributed by atoms with Gasteiger partial charge in [0.05, 0.1) is 11.5 Å². The number of aliphatic hydroxyl groups is 1. The van der Waals surface area contributed by atoms with E-state index in [4.69, 9.17) is 0 Å². The number of hydrogen-bond acceptors (Lipinski definition) is 5. The highest BCUT2D eigenvalue weighted by molar-refractivity contribution is 5.65. The zero-order valence-electron chi connectivity index (χ0n) is 13.6. The summed E-state index contributed by atoms with van der Waals surface area (Å²) in [5, 5.41) is 20.9. The maximum absolute atomic E-state index is 11.4. The summed E-state index contributed by atoms with van der Waals surface area (Å²) < 4.78 is 0. The molecule has 1 aromatic carbocycles. The number of rotatable bonds is 5. The van der Waals surface area contributed by atoms with Gasteiger partial charge in [-0.05, 0) is 50.8 Å². The van der Waals surface area contributed by atoms with Crippen molar-refractivity contribution in [1.82, 2.24) is 4.90 Å². The summed E-state index contributed by atoms with van der Waals surface area (Å²) in [6, 6.07) is 6.05. The third kappa shape index (κ3) is 3.33. The van der Waals surface area contributed by atoms with E-state index in [0.29, 0.717) is 6.04 Å². The van der Waals surface area contributed by atoms with E-state index in [1.54, 1.807) is 6.07 Å². The van der Waals surface area contributed by atoms with E-state index in [-0.39, 0.29) is 23.3 Å². The molecule has 0 radical (unpaired) electrons. The Bertz CT molecular complexity index is 578. The Morgan fingerprint density at radius 3 is 2.74 bits per heavy atom. The minimum Gasteiger partial charge on any atom is -0.395 e. The SMILES string of the molecule is Cc1ccc(N2CCCC2CN2CCCC2CO)c([N+](=O)[O-])c1. The van der Waals surface area contributed by atoms with Crippen molar-refractivity contribution in [3.05, 3.63) is 33.9 Å². The standard InChI is InChI=1S/C17H25N3O3/c1-13-6-7-16(17(10-13)20(22)23)19-9-3-4-14(19)11-18-8-2-5-15(18)12-21/h6-7,10,14-15,21H,2-5,8-9,11-12H2,1H3. The van der Waals surface area contributed by atoms with Crippen LogP contribution in [0.5, 0.6) is 0 Å². The van der Waals surface area contributed by atoms with Crippen LogP contribution < -0.4 is 4.90 Å². The summed E-state index contributed by atoms with van der Waals surface area (Å²) in [4.78, 5) is 15.7. The van der Waals surface area contributed by atoms with Crippen molar-refractivity contribution in [2.45, 2.75) is 44.7 Å². The first kappa shape index (κ1) is 16.2. The van der Waals surface area contributed by atoms with E-state index in [9.17, 15) is 15.2 Å². The summed E-state index contributed by atoms with van der Waals surface area (Å²) in [6.45, 7) is 4.86. The largest absolute Gasteiger partial charge is 0.395 e. The molecule has 126 valence electrons. The van der Waals surface area contributed by atoms with E-state index >= 15 is 0 Å². The maximum Gasteiger partial charge on any atom is 0.292 e. The molecule has 0 aliphatic carbocycles. The fourth-order valence-corrected chi connectivity index (χ4v) is 3.98. The Morgan fingerprint density at radius 1 is 1.26 bits per heavy atom. The van der Waals surface area contributed by atoms with E-state index in [1.165, 1.54) is 0 Å². The zero-order valence-corrected chi connectivity index (χ0v) is 13.6. The van der Waals surface area contributed by atoms with E-state index in [0.717, 1.165) is 56.6 Å². The Kier molecular flexibility index (Phi) is 4.82. The number of aryl methyl sites for hydroxylation is 1. The first-order valence-corrected chi connectivity index (χ1v) is 8.46. The van der Waals surface area contributed by atoms with Gasteiger partial charge in [-0.2, -0.15) is 0 Å². The zero-order chi connectivity index (χ0) is 16.4. The van der Waals surface area contributed by atoms with Gasteiger partial charge in [0.25, 0.3) is 5.69 Å². The molecule has 0 bridgehead atoms. The molecule has 2 fully saturated rings. The molecule has 3 rings (SSSR count). The monoisotopic (exact) mass is 319 g/mol. The Hall–Kier alpha value is -1.66. The molecule has 1 aromatic rings. The third-order valence-electron chi connectivity index (χ3n) is 5.17. The van der Waals surface area contributed by atoms with Gasteiger partial charge in [-0.3, -0.25) is 15.0 Å². The molecule has 2 unspecified atom stereocenters. The topological polar surface area (TPSA) is 69.8 Å². The Balaban J connectivity index is 1.80. The molecule has 0 aromatic heterocycles. The van der Waals surface area contributed by atoms with Gasteiger partial charge in [-0.15, -0.1) is 0 Å². The average Bonchev–Trinajstić information content (AvgIpc) is 3.16. The maximum atomic E-state index is 11.4. The Morgan fingerprint density at radius 2 is 2.00 bits per heavy atom. The second-order valence-corrected chi connectivity index (χ2v) is 6.71. The first-order chi connectivity index (χ1) is 11.1. The van der Waals surface area contributed by atoms with Gasteiger partial charge in [-0.25, -0.2) is 0 Å². The highest BCUT2D eigenvalue weighted by Gasteiger charge is 2.33. The fourth-order valence-electron chi connectivity index (χ4n) is 3.98. The molecule has 2 aliphatic rings. The fraction of sp³-hybridized carbons (Fsp3) is 0.647. The van der Waals surface area contributed by atoms with Crippen molar-refractivity contribution in [1.29, 1.82) is 0 Å². The van der Waals surface area contributed by atoms with Gasteiger partial charge in [0.1, 0.15) is 5.69 Å². The quantitative estimate of drug-likeness (QED) is 0.666. The number of nitrogens with zero attached hydrogens (tertiary/aromatic N) is 3. The normalized spacial score (nSPS) is 25.2. The van der Waals surface area contributed by atoms with E-state index in [2.05, 4.69) is 9.80 Å². The summed E-state index contributed by atoms with van der Waals surface area (Å²) in [5.41, 5.74) is 1.86. The van der Waals surface area contributed by atoms with Gasteiger partial charge < -0.3 is 10.0 Å². The summed E-state index contributed by atoms with van der Waals surface area (Å²) in [6.07, 6.45) is 4.30. The minimum absolute atomic E-state index is 0.206. The van der Waals surface area contributed by atoms with Gasteiger partial charge in [-0.1, -0.05) is 6.07 Å². The lowest BCUT2D eigenvalue weighted by Crippen LogP contribution is -2.43. The molecule has 2 heterocycles. The van der Waals surface area contributed by atoms with Crippen LogP contribution in [0.4, 0.5) is 11.4 Å². The number of likely N-dealkylation sites (tertiary alicyclic amines) is 1. The van der Waals surface area contributed by atoms with Crippen LogP contribution in [0.1, 0.15) is 31.2 Å². The number of hydrogen-bond donors (Lipinski definition) is 1. The number of benzene rings is 1. The number of nitro benzene ring substituents is 1. The summed E-state index contributed by atoms with van der Waals surface area (Å²) >= 11 is 0. The lowest BCUT2D eigenvalue weighted by atomic mass is 10.1. The molecule has 6 nitrogen and oxygen atoms in total. The van der Waals surface area contributed by atoms with E-state index < -0.39 is 0 Å². The molecular formula is C17H25N3O3. The highest BCUT2D eigenvalue weighted by Crippen LogP contribution is 2.35. The van der Waals surface area contributed by atoms with Gasteiger partial charge in [0, 0.05) is 31.2 Å². The number of anilines is 1. The second-order valence-electron chi connectivity index (χ2n) is 6.71. The lowest BCUT2D eigenvalue weighted by molar-refractivity contribution is -0.384. The summed E-state index contributed by atoms with van der Waals surface area (Å²) in [5.74, 6) is 0. The first-order valence-electron chi connectivity index (χ1n) is 8.46. The van der Waals surface area contributed by atoms with Crippen LogP contribution in [0.2, 0.25) is 0 Å². The van der Waals surface area contributed by atoms with Crippen molar-refractivity contribution in [2.24, 2.45) is 0 Å². The van der Waals surface area contributed by atoms with Crippen molar-refractivity contribution in [3.63, 3.8) is 0 Å². The van der Waals surface area contributed by atoms with Crippen LogP contribution in [0.3, 0.4) is 0 Å².